The van der Waals surface area contributed by atoms with Gasteiger partial charge in [0, 0.05) is 23.9 Å². The molecule has 0 saturated heterocycles. The Hall–Kier alpha value is -5.08. The maximum absolute atomic E-state index is 13.7. The van der Waals surface area contributed by atoms with E-state index in [0.717, 1.165) is 5.56 Å². The Bertz CT molecular complexity index is 1710. The van der Waals surface area contributed by atoms with Crippen molar-refractivity contribution in [2.45, 2.75) is 6.54 Å². The fraction of sp³-hybridized carbons (Fsp3) is 0.0645. The SMILES string of the molecule is COc1cccc(Oc2cnn(-c3ccccc3Cl)c(=O)c2Nc2cccc(C(=O)NCc3ccccc3)c2)c1. The Kier molecular flexibility index (Phi) is 8.08. The summed E-state index contributed by atoms with van der Waals surface area (Å²) in [6, 6.07) is 30.4. The maximum Gasteiger partial charge on any atom is 0.299 e. The second-order valence-corrected chi connectivity index (χ2v) is 9.11. The molecule has 8 nitrogen and oxygen atoms in total. The molecule has 0 unspecified atom stereocenters. The van der Waals surface area contributed by atoms with Crippen molar-refractivity contribution < 1.29 is 14.3 Å². The molecule has 1 amide bonds. The number of benzene rings is 4. The fourth-order valence-corrected chi connectivity index (χ4v) is 4.20. The third kappa shape index (κ3) is 6.14. The molecule has 5 aromatic rings. The number of hydrogen-bond acceptors (Lipinski definition) is 6. The monoisotopic (exact) mass is 552 g/mol. The molecule has 0 fully saturated rings. The summed E-state index contributed by atoms with van der Waals surface area (Å²) in [6.45, 7) is 0.392. The normalized spacial score (nSPS) is 10.6. The lowest BCUT2D eigenvalue weighted by Gasteiger charge is -2.16. The largest absolute Gasteiger partial charge is 0.497 e. The highest BCUT2D eigenvalue weighted by Gasteiger charge is 2.17. The maximum atomic E-state index is 13.7. The lowest BCUT2D eigenvalue weighted by Crippen LogP contribution is -2.24. The molecule has 4 aromatic carbocycles. The number of aromatic nitrogens is 2. The summed E-state index contributed by atoms with van der Waals surface area (Å²) in [5, 5.41) is 10.7. The van der Waals surface area contributed by atoms with Gasteiger partial charge in [-0.3, -0.25) is 9.59 Å². The molecule has 5 rings (SSSR count). The Morgan fingerprint density at radius 1 is 0.900 bits per heavy atom. The van der Waals surface area contributed by atoms with Crippen molar-refractivity contribution in [3.8, 4) is 22.9 Å². The van der Waals surface area contributed by atoms with E-state index in [9.17, 15) is 9.59 Å². The second kappa shape index (κ2) is 12.2. The van der Waals surface area contributed by atoms with Crippen LogP contribution >= 0.6 is 11.6 Å². The molecular weight excluding hydrogens is 528 g/mol. The van der Waals surface area contributed by atoms with Crippen LogP contribution in [0.2, 0.25) is 5.02 Å². The number of halogens is 1. The minimum Gasteiger partial charge on any atom is -0.497 e. The first kappa shape index (κ1) is 26.5. The molecule has 0 radical (unpaired) electrons. The van der Waals surface area contributed by atoms with Crippen LogP contribution in [0.4, 0.5) is 11.4 Å². The Morgan fingerprint density at radius 2 is 1.65 bits per heavy atom. The van der Waals surface area contributed by atoms with Crippen LogP contribution in [0.25, 0.3) is 5.69 Å². The van der Waals surface area contributed by atoms with E-state index in [-0.39, 0.29) is 17.3 Å². The van der Waals surface area contributed by atoms with Crippen LogP contribution in [0.15, 0.2) is 114 Å². The molecular formula is C31H25ClN4O4. The molecule has 2 N–H and O–H groups in total. The lowest BCUT2D eigenvalue weighted by molar-refractivity contribution is 0.0951. The van der Waals surface area contributed by atoms with Gasteiger partial charge in [-0.1, -0.05) is 66.2 Å². The minimum atomic E-state index is -0.493. The molecule has 0 spiro atoms. The molecule has 1 aromatic heterocycles. The number of para-hydroxylation sites is 1. The van der Waals surface area contributed by atoms with E-state index in [4.69, 9.17) is 21.1 Å². The number of amides is 1. The van der Waals surface area contributed by atoms with Gasteiger partial charge >= 0.3 is 0 Å². The first-order chi connectivity index (χ1) is 19.5. The third-order valence-electron chi connectivity index (χ3n) is 5.98. The van der Waals surface area contributed by atoms with E-state index < -0.39 is 5.56 Å². The van der Waals surface area contributed by atoms with Gasteiger partial charge in [0.25, 0.3) is 11.5 Å². The van der Waals surface area contributed by atoms with Crippen LogP contribution in [0, 0.1) is 0 Å². The molecule has 0 atom stereocenters. The number of methoxy groups -OCH3 is 1. The first-order valence-electron chi connectivity index (χ1n) is 12.4. The van der Waals surface area contributed by atoms with Crippen molar-refractivity contribution >= 4 is 28.9 Å². The van der Waals surface area contributed by atoms with E-state index in [1.807, 2.05) is 30.3 Å². The van der Waals surface area contributed by atoms with Crippen molar-refractivity contribution in [2.75, 3.05) is 12.4 Å². The zero-order chi connectivity index (χ0) is 27.9. The highest BCUT2D eigenvalue weighted by atomic mass is 35.5. The molecule has 40 heavy (non-hydrogen) atoms. The van der Waals surface area contributed by atoms with E-state index in [1.54, 1.807) is 79.9 Å². The van der Waals surface area contributed by atoms with E-state index in [0.29, 0.717) is 40.0 Å². The van der Waals surface area contributed by atoms with Crippen LogP contribution in [0.3, 0.4) is 0 Å². The van der Waals surface area contributed by atoms with Gasteiger partial charge in [0.2, 0.25) is 0 Å². The second-order valence-electron chi connectivity index (χ2n) is 8.71. The number of carbonyl (C=O) groups is 1. The molecule has 200 valence electrons. The highest BCUT2D eigenvalue weighted by molar-refractivity contribution is 6.32. The number of hydrogen-bond donors (Lipinski definition) is 2. The summed E-state index contributed by atoms with van der Waals surface area (Å²) in [5.41, 5.74) is 1.96. The van der Waals surface area contributed by atoms with Crippen molar-refractivity contribution in [1.82, 2.24) is 15.1 Å². The van der Waals surface area contributed by atoms with Gasteiger partial charge in [0.05, 0.1) is 24.0 Å². The number of nitrogens with one attached hydrogen (secondary N) is 2. The smallest absolute Gasteiger partial charge is 0.299 e. The Balaban J connectivity index is 1.48. The zero-order valence-corrected chi connectivity index (χ0v) is 22.3. The molecule has 1 heterocycles. The molecule has 0 aliphatic carbocycles. The molecule has 0 aliphatic rings. The summed E-state index contributed by atoms with van der Waals surface area (Å²) in [5.74, 6) is 0.982. The summed E-state index contributed by atoms with van der Waals surface area (Å²) < 4.78 is 12.5. The van der Waals surface area contributed by atoms with Crippen molar-refractivity contribution in [2.24, 2.45) is 0 Å². The van der Waals surface area contributed by atoms with Gasteiger partial charge in [-0.05, 0) is 48.0 Å². The number of anilines is 2. The predicted octanol–water partition coefficient (Wildman–Crippen LogP) is 6.36. The van der Waals surface area contributed by atoms with Gasteiger partial charge in [0.15, 0.2) is 11.4 Å². The average Bonchev–Trinajstić information content (AvgIpc) is 2.99. The topological polar surface area (TPSA) is 94.5 Å². The van der Waals surface area contributed by atoms with E-state index >= 15 is 0 Å². The molecule has 0 aliphatic heterocycles. The summed E-state index contributed by atoms with van der Waals surface area (Å²) >= 11 is 6.37. The van der Waals surface area contributed by atoms with Gasteiger partial charge in [-0.25, -0.2) is 0 Å². The van der Waals surface area contributed by atoms with E-state index in [2.05, 4.69) is 15.7 Å². The van der Waals surface area contributed by atoms with Crippen LogP contribution in [0.1, 0.15) is 15.9 Å². The van der Waals surface area contributed by atoms with Crippen LogP contribution in [-0.4, -0.2) is 22.8 Å². The lowest BCUT2D eigenvalue weighted by atomic mass is 10.1. The highest BCUT2D eigenvalue weighted by Crippen LogP contribution is 2.31. The minimum absolute atomic E-state index is 0.111. The molecule has 9 heteroatoms. The quantitative estimate of drug-likeness (QED) is 0.221. The first-order valence-corrected chi connectivity index (χ1v) is 12.8. The summed E-state index contributed by atoms with van der Waals surface area (Å²) in [7, 11) is 1.56. The number of rotatable bonds is 9. The Morgan fingerprint density at radius 3 is 2.45 bits per heavy atom. The van der Waals surface area contributed by atoms with Crippen molar-refractivity contribution in [1.29, 1.82) is 0 Å². The number of carbonyl (C=O) groups excluding carboxylic acids is 1. The van der Waals surface area contributed by atoms with Crippen molar-refractivity contribution in [3.63, 3.8) is 0 Å². The van der Waals surface area contributed by atoms with Crippen LogP contribution < -0.4 is 25.7 Å². The fourth-order valence-electron chi connectivity index (χ4n) is 3.98. The number of ether oxygens (including phenoxy) is 2. The van der Waals surface area contributed by atoms with Gasteiger partial charge < -0.3 is 20.1 Å². The summed E-state index contributed by atoms with van der Waals surface area (Å²) in [4.78, 5) is 26.6. The van der Waals surface area contributed by atoms with Crippen molar-refractivity contribution in [3.05, 3.63) is 136 Å². The van der Waals surface area contributed by atoms with Gasteiger partial charge in [-0.15, -0.1) is 0 Å². The third-order valence-corrected chi connectivity index (χ3v) is 6.30. The standard InChI is InChI=1S/C31H25ClN4O4/c1-39-24-13-8-14-25(18-24)40-28-20-34-36(27-16-6-5-15-26(27)32)31(38)29(28)35-23-12-7-11-22(17-23)30(37)33-19-21-9-3-2-4-10-21/h2-18,20,35H,19H2,1H3,(H,33,37). The zero-order valence-electron chi connectivity index (χ0n) is 21.5. The average molecular weight is 553 g/mol. The van der Waals surface area contributed by atoms with Gasteiger partial charge in [-0.2, -0.15) is 9.78 Å². The van der Waals surface area contributed by atoms with E-state index in [1.165, 1.54) is 10.9 Å². The van der Waals surface area contributed by atoms with Crippen LogP contribution in [-0.2, 0) is 6.54 Å². The molecule has 0 bridgehead atoms. The molecule has 0 saturated carbocycles. The predicted molar refractivity (Wildman–Crippen MR) is 155 cm³/mol. The number of nitrogens with zero attached hydrogens (tertiary/aromatic N) is 2. The summed E-state index contributed by atoms with van der Waals surface area (Å²) in [6.07, 6.45) is 1.43. The van der Waals surface area contributed by atoms with Crippen LogP contribution in [0.5, 0.6) is 17.2 Å². The van der Waals surface area contributed by atoms with Gasteiger partial charge in [0.1, 0.15) is 11.5 Å². The Labute approximate surface area is 235 Å².